The van der Waals surface area contributed by atoms with Crippen LogP contribution in [0.2, 0.25) is 0 Å². The number of hydrogen-bond donors (Lipinski definition) is 1. The first-order chi connectivity index (χ1) is 11.9. The molecule has 2 heterocycles. The normalized spacial score (nSPS) is 20.4. The zero-order chi connectivity index (χ0) is 18.0. The van der Waals surface area contributed by atoms with Gasteiger partial charge in [0.25, 0.3) is 0 Å². The number of piperidine rings is 1. The lowest BCUT2D eigenvalue weighted by molar-refractivity contribution is -0.120. The molecule has 1 aromatic carbocycles. The van der Waals surface area contributed by atoms with Crippen molar-refractivity contribution in [2.24, 2.45) is 0 Å². The van der Waals surface area contributed by atoms with Crippen LogP contribution in [0.1, 0.15) is 18.9 Å². The fraction of sp³-hybridized carbons (Fsp3) is 0.389. The van der Waals surface area contributed by atoms with Crippen molar-refractivity contribution in [2.45, 2.75) is 32.5 Å². The number of anilines is 1. The van der Waals surface area contributed by atoms with E-state index >= 15 is 0 Å². The molecule has 25 heavy (non-hydrogen) atoms. The van der Waals surface area contributed by atoms with E-state index in [0.717, 1.165) is 0 Å². The van der Waals surface area contributed by atoms with Gasteiger partial charge in [-0.15, -0.1) is 0 Å². The van der Waals surface area contributed by atoms with Crippen LogP contribution >= 0.6 is 0 Å². The number of carbonyl (C=O) groups excluding carboxylic acids is 1. The Morgan fingerprint density at radius 3 is 2.80 bits per heavy atom. The highest BCUT2D eigenvalue weighted by atomic mass is 19.1. The lowest BCUT2D eigenvalue weighted by Gasteiger charge is -2.35. The van der Waals surface area contributed by atoms with E-state index in [-0.39, 0.29) is 18.3 Å². The topological polar surface area (TPSA) is 58.1 Å². The van der Waals surface area contributed by atoms with Crippen LogP contribution < -0.4 is 10.2 Å². The minimum Gasteiger partial charge on any atom is -0.353 e. The van der Waals surface area contributed by atoms with Gasteiger partial charge in [-0.2, -0.15) is 0 Å². The van der Waals surface area contributed by atoms with Gasteiger partial charge in [0, 0.05) is 25.1 Å². The van der Waals surface area contributed by atoms with E-state index in [4.69, 9.17) is 0 Å². The largest absolute Gasteiger partial charge is 0.353 e. The molecule has 0 saturated carbocycles. The van der Waals surface area contributed by atoms with Crippen LogP contribution in [-0.4, -0.2) is 41.2 Å². The molecule has 1 amide bonds. The molecule has 1 aliphatic rings. The number of rotatable bonds is 3. The maximum Gasteiger partial charge on any atom is 0.217 e. The maximum absolute atomic E-state index is 14.3. The van der Waals surface area contributed by atoms with Crippen LogP contribution in [0, 0.1) is 12.7 Å². The van der Waals surface area contributed by atoms with Crippen LogP contribution in [0.4, 0.5) is 14.6 Å². The molecule has 1 N–H and O–H groups in total. The molecular formula is C18H20F2N4O. The third-order valence-corrected chi connectivity index (χ3v) is 4.37. The van der Waals surface area contributed by atoms with Gasteiger partial charge in [-0.05, 0) is 25.0 Å². The molecule has 3 rings (SSSR count). The van der Waals surface area contributed by atoms with E-state index in [1.807, 2.05) is 4.90 Å². The highest BCUT2D eigenvalue weighted by Gasteiger charge is 2.30. The quantitative estimate of drug-likeness (QED) is 0.928. The van der Waals surface area contributed by atoms with Gasteiger partial charge in [-0.25, -0.2) is 18.7 Å². The van der Waals surface area contributed by atoms with Crippen molar-refractivity contribution in [3.63, 3.8) is 0 Å². The number of hydrogen-bond acceptors (Lipinski definition) is 4. The predicted molar refractivity (Wildman–Crippen MR) is 91.5 cm³/mol. The van der Waals surface area contributed by atoms with Gasteiger partial charge in [-0.3, -0.25) is 4.79 Å². The fourth-order valence-electron chi connectivity index (χ4n) is 2.97. The summed E-state index contributed by atoms with van der Waals surface area (Å²) in [6, 6.07) is 6.19. The number of aromatic nitrogens is 2. The van der Waals surface area contributed by atoms with Crippen molar-refractivity contribution in [3.8, 4) is 11.3 Å². The first kappa shape index (κ1) is 17.3. The summed E-state index contributed by atoms with van der Waals surface area (Å²) in [5.41, 5.74) is 1.80. The molecule has 0 aliphatic carbocycles. The van der Waals surface area contributed by atoms with Crippen molar-refractivity contribution >= 4 is 11.7 Å². The van der Waals surface area contributed by atoms with Gasteiger partial charge in [0.1, 0.15) is 24.1 Å². The highest BCUT2D eigenvalue weighted by Crippen LogP contribution is 2.25. The Kier molecular flexibility index (Phi) is 4.92. The standard InChI is InChI=1S/C18H20F2N4O/c1-11-3-4-13(7-14(11)19)17-8-18(22-10-21-17)24-6-5-16(15(20)9-24)23-12(2)25/h3-4,7-8,10,15-16H,5-6,9H2,1-2H3,(H,23,25)/t15-,16+/m1/s1. The summed E-state index contributed by atoms with van der Waals surface area (Å²) in [4.78, 5) is 21.3. The number of nitrogens with zero attached hydrogens (tertiary/aromatic N) is 3. The number of aryl methyl sites for hydroxylation is 1. The van der Waals surface area contributed by atoms with Gasteiger partial charge >= 0.3 is 0 Å². The van der Waals surface area contributed by atoms with Crippen LogP contribution in [0.3, 0.4) is 0 Å². The lowest BCUT2D eigenvalue weighted by atomic mass is 10.0. The molecule has 1 aliphatic heterocycles. The second kappa shape index (κ2) is 7.13. The van der Waals surface area contributed by atoms with E-state index in [0.29, 0.717) is 35.6 Å². The Labute approximate surface area is 145 Å². The number of benzene rings is 1. The van der Waals surface area contributed by atoms with Gasteiger partial charge < -0.3 is 10.2 Å². The first-order valence-corrected chi connectivity index (χ1v) is 8.18. The first-order valence-electron chi connectivity index (χ1n) is 8.18. The van der Waals surface area contributed by atoms with Gasteiger partial charge in [0.2, 0.25) is 5.91 Å². The van der Waals surface area contributed by atoms with E-state index in [1.54, 1.807) is 25.1 Å². The van der Waals surface area contributed by atoms with E-state index in [9.17, 15) is 13.6 Å². The molecule has 2 aromatic rings. The predicted octanol–water partition coefficient (Wildman–Crippen LogP) is 2.64. The molecule has 132 valence electrons. The number of alkyl halides is 1. The zero-order valence-corrected chi connectivity index (χ0v) is 14.2. The molecule has 0 bridgehead atoms. The number of nitrogens with one attached hydrogen (secondary N) is 1. The third-order valence-electron chi connectivity index (χ3n) is 4.37. The SMILES string of the molecule is CC(=O)N[C@H]1CCN(c2cc(-c3ccc(C)c(F)c3)ncn2)C[C@H]1F. The van der Waals surface area contributed by atoms with Crippen LogP contribution in [0.5, 0.6) is 0 Å². The summed E-state index contributed by atoms with van der Waals surface area (Å²) in [6.45, 7) is 3.80. The molecule has 0 spiro atoms. The molecule has 7 heteroatoms. The van der Waals surface area contributed by atoms with Gasteiger partial charge in [0.05, 0.1) is 18.3 Å². The fourth-order valence-corrected chi connectivity index (χ4v) is 2.97. The number of carbonyl (C=O) groups is 1. The summed E-state index contributed by atoms with van der Waals surface area (Å²) in [5, 5.41) is 2.64. The average molecular weight is 346 g/mol. The molecule has 1 fully saturated rings. The molecule has 0 unspecified atom stereocenters. The smallest absolute Gasteiger partial charge is 0.217 e. The molecule has 1 saturated heterocycles. The average Bonchev–Trinajstić information content (AvgIpc) is 2.59. The van der Waals surface area contributed by atoms with Crippen molar-refractivity contribution < 1.29 is 13.6 Å². The van der Waals surface area contributed by atoms with Crippen molar-refractivity contribution in [2.75, 3.05) is 18.0 Å². The summed E-state index contributed by atoms with van der Waals surface area (Å²) in [5.74, 6) is 0.0688. The number of amides is 1. The Balaban J connectivity index is 1.78. The maximum atomic E-state index is 14.3. The molecule has 2 atom stereocenters. The summed E-state index contributed by atoms with van der Waals surface area (Å²) in [6.07, 6.45) is 0.724. The van der Waals surface area contributed by atoms with Crippen LogP contribution in [0.15, 0.2) is 30.6 Å². The summed E-state index contributed by atoms with van der Waals surface area (Å²) < 4.78 is 28.1. The van der Waals surface area contributed by atoms with Crippen molar-refractivity contribution in [1.82, 2.24) is 15.3 Å². The second-order valence-electron chi connectivity index (χ2n) is 6.28. The van der Waals surface area contributed by atoms with Crippen molar-refractivity contribution in [3.05, 3.63) is 42.0 Å². The van der Waals surface area contributed by atoms with Gasteiger partial charge in [-0.1, -0.05) is 12.1 Å². The lowest BCUT2D eigenvalue weighted by Crippen LogP contribution is -2.52. The third kappa shape index (κ3) is 3.92. The molecule has 1 aromatic heterocycles. The van der Waals surface area contributed by atoms with Crippen molar-refractivity contribution in [1.29, 1.82) is 0 Å². The molecule has 5 nitrogen and oxygen atoms in total. The highest BCUT2D eigenvalue weighted by molar-refractivity contribution is 5.73. The van der Waals surface area contributed by atoms with E-state index in [1.165, 1.54) is 19.3 Å². The van der Waals surface area contributed by atoms with E-state index in [2.05, 4.69) is 15.3 Å². The Morgan fingerprint density at radius 2 is 2.12 bits per heavy atom. The molecular weight excluding hydrogens is 326 g/mol. The Morgan fingerprint density at radius 1 is 1.32 bits per heavy atom. The summed E-state index contributed by atoms with van der Waals surface area (Å²) in [7, 11) is 0. The molecule has 0 radical (unpaired) electrons. The minimum absolute atomic E-state index is 0.143. The number of halogens is 2. The van der Waals surface area contributed by atoms with Crippen LogP contribution in [0.25, 0.3) is 11.3 Å². The zero-order valence-electron chi connectivity index (χ0n) is 14.2. The Bertz CT molecular complexity index is 783. The van der Waals surface area contributed by atoms with Gasteiger partial charge in [0.15, 0.2) is 0 Å². The summed E-state index contributed by atoms with van der Waals surface area (Å²) >= 11 is 0. The van der Waals surface area contributed by atoms with E-state index < -0.39 is 12.2 Å². The Hall–Kier alpha value is -2.57. The monoisotopic (exact) mass is 346 g/mol. The second-order valence-corrected chi connectivity index (χ2v) is 6.28. The minimum atomic E-state index is -1.17. The van der Waals surface area contributed by atoms with Crippen LogP contribution in [-0.2, 0) is 4.79 Å².